The average molecular weight is 2020 g/mol. The number of fused-ring (bicyclic) bond motifs is 6. The topological polar surface area (TPSA) is 198 Å². The molecule has 18 rings (SSSR count). The standard InChI is InChI=1S/6C15H10N.C6H12O2.C4H6O.3Ir.2H2O/c6*1-2-7-13(8-3-1)15-14-9-5-4-6-12(14)10-11-16-15;1-3-6(8)4-5(2)7;1-3-4(2)5;;;;;/h6*1-7,9-11H;3,5-8H,1,4H2,2H3;3H,1H2,2H3;;;;2*1H2/q6*-1;;;;;;;. The average Bonchev–Trinajstić information content (AvgIpc) is 0.847. The van der Waals surface area contributed by atoms with Crippen molar-refractivity contribution in [3.63, 3.8) is 0 Å². The van der Waals surface area contributed by atoms with Gasteiger partial charge in [0.2, 0.25) is 0 Å². The van der Waals surface area contributed by atoms with E-state index in [2.05, 4.69) is 152 Å². The molecule has 18 aromatic rings. The molecule has 114 heavy (non-hydrogen) atoms. The van der Waals surface area contributed by atoms with Gasteiger partial charge in [-0.15, -0.1) is 222 Å². The van der Waals surface area contributed by atoms with Crippen LogP contribution in [0.4, 0.5) is 0 Å². The minimum Gasteiger partial charge on any atom is -0.412 e. The van der Waals surface area contributed by atoms with E-state index in [0.29, 0.717) is 6.42 Å². The maximum Gasteiger partial charge on any atom is 0.152 e. The van der Waals surface area contributed by atoms with E-state index in [0.717, 1.165) is 67.5 Å². The first-order chi connectivity index (χ1) is 53.6. The van der Waals surface area contributed by atoms with E-state index in [1.807, 2.05) is 292 Å². The summed E-state index contributed by atoms with van der Waals surface area (Å²) < 4.78 is 0. The van der Waals surface area contributed by atoms with E-state index >= 15 is 0 Å². The van der Waals surface area contributed by atoms with Crippen LogP contribution in [0.1, 0.15) is 20.3 Å². The number of aliphatic hydroxyl groups is 2. The number of carbonyl (C=O) groups excluding carboxylic acids is 1. The molecule has 14 heteroatoms. The van der Waals surface area contributed by atoms with E-state index in [1.165, 1.54) is 83.7 Å². The Labute approximate surface area is 707 Å². The second-order valence-corrected chi connectivity index (χ2v) is 24.6. The second kappa shape index (κ2) is 48.7. The molecule has 0 aliphatic rings. The molecule has 6 aromatic heterocycles. The molecule has 0 aliphatic heterocycles. The fourth-order valence-corrected chi connectivity index (χ4v) is 11.7. The second-order valence-electron chi connectivity index (χ2n) is 24.6. The van der Waals surface area contributed by atoms with Crippen LogP contribution in [0, 0.1) is 36.4 Å². The van der Waals surface area contributed by atoms with Crippen LogP contribution in [0.3, 0.4) is 0 Å². The summed E-state index contributed by atoms with van der Waals surface area (Å²) in [5.41, 5.74) is 12.2. The van der Waals surface area contributed by atoms with Gasteiger partial charge < -0.3 is 51.1 Å². The van der Waals surface area contributed by atoms with Gasteiger partial charge in [0.05, 0.1) is 12.2 Å². The monoisotopic (exact) mass is 2030 g/mol. The quantitative estimate of drug-likeness (QED) is 0.0760. The molecule has 0 amide bonds. The van der Waals surface area contributed by atoms with Crippen LogP contribution in [0.2, 0.25) is 0 Å². The Morgan fingerprint density at radius 2 is 0.474 bits per heavy atom. The van der Waals surface area contributed by atoms with Gasteiger partial charge in [0.15, 0.2) is 5.78 Å². The van der Waals surface area contributed by atoms with Crippen molar-refractivity contribution < 1.29 is 86.3 Å². The number of rotatable bonds is 10. The molecule has 2 atom stereocenters. The van der Waals surface area contributed by atoms with E-state index < -0.39 is 12.2 Å². The molecule has 0 saturated carbocycles. The number of aliphatic hydroxyl groups excluding tert-OH is 2. The predicted octanol–water partition coefficient (Wildman–Crippen LogP) is 21.6. The van der Waals surface area contributed by atoms with E-state index in [9.17, 15) is 4.79 Å². The van der Waals surface area contributed by atoms with Gasteiger partial charge in [0.25, 0.3) is 0 Å². The molecule has 6 N–H and O–H groups in total. The summed E-state index contributed by atoms with van der Waals surface area (Å²) in [4.78, 5) is 36.4. The van der Waals surface area contributed by atoms with Gasteiger partial charge in [-0.05, 0) is 155 Å². The zero-order valence-electron chi connectivity index (χ0n) is 62.6. The molecule has 11 nitrogen and oxygen atoms in total. The Morgan fingerprint density at radius 1 is 0.307 bits per heavy atom. The van der Waals surface area contributed by atoms with Crippen LogP contribution in [-0.4, -0.2) is 69.1 Å². The molecule has 0 saturated heterocycles. The molecule has 575 valence electrons. The van der Waals surface area contributed by atoms with Gasteiger partial charge in [0.1, 0.15) is 0 Å². The number of pyridine rings is 6. The molecule has 2 unspecified atom stereocenters. The predicted molar refractivity (Wildman–Crippen MR) is 457 cm³/mol. The van der Waals surface area contributed by atoms with Gasteiger partial charge in [-0.1, -0.05) is 158 Å². The summed E-state index contributed by atoms with van der Waals surface area (Å²) in [7, 11) is 0. The molecule has 0 fully saturated rings. The molecular formula is C100H82Ir3N6O5-6. The summed E-state index contributed by atoms with van der Waals surface area (Å²) in [6, 6.07) is 129. The Kier molecular flexibility index (Phi) is 38.9. The minimum absolute atomic E-state index is 0. The van der Waals surface area contributed by atoms with E-state index in [1.54, 1.807) is 6.92 Å². The van der Waals surface area contributed by atoms with E-state index in [4.69, 9.17) is 10.2 Å². The summed E-state index contributed by atoms with van der Waals surface area (Å²) in [6.45, 7) is 9.66. The number of allylic oxidation sites excluding steroid dienone is 1. The van der Waals surface area contributed by atoms with Crippen LogP contribution in [-0.2, 0) is 65.1 Å². The van der Waals surface area contributed by atoms with Crippen molar-refractivity contribution in [2.24, 2.45) is 0 Å². The summed E-state index contributed by atoms with van der Waals surface area (Å²) in [5, 5.41) is 31.7. The number of carbonyl (C=O) groups is 1. The van der Waals surface area contributed by atoms with Crippen molar-refractivity contribution in [2.45, 2.75) is 32.5 Å². The normalized spacial score (nSPS) is 10.4. The SMILES string of the molecule is C=CC(C)=O.C=CC(O)CC(C)O.O.O.[Ir].[Ir].[Ir].[c-]1ccccc1-c1nccc2ccccc12.[c-]1ccccc1-c1nccc2ccccc12.[c-]1ccccc1-c1nccc2ccccc12.[c-]1ccccc1-c1nccc2ccccc12.[c-]1ccccc1-c1nccc2ccccc12.[c-]1ccccc1-c1nccc2ccccc12. The zero-order valence-corrected chi connectivity index (χ0v) is 69.7. The number of hydrogen-bond donors (Lipinski definition) is 2. The Balaban J connectivity index is 0.000000205. The first-order valence-corrected chi connectivity index (χ1v) is 35.6. The largest absolute Gasteiger partial charge is 0.412 e. The van der Waals surface area contributed by atoms with Gasteiger partial charge in [-0.2, -0.15) is 0 Å². The molecular weight excluding hydrogens is 1940 g/mol. The van der Waals surface area contributed by atoms with Crippen LogP contribution in [0.5, 0.6) is 0 Å². The zero-order chi connectivity index (χ0) is 75.6. The smallest absolute Gasteiger partial charge is 0.152 e. The maximum absolute atomic E-state index is 9.69. The number of benzene rings is 12. The Hall–Kier alpha value is -12.0. The van der Waals surface area contributed by atoms with E-state index in [-0.39, 0.29) is 77.1 Å². The Morgan fingerprint density at radius 3 is 0.605 bits per heavy atom. The van der Waals surface area contributed by atoms with Crippen LogP contribution >= 0.6 is 0 Å². The number of ketones is 1. The fraction of sp³-hybridized carbons (Fsp3) is 0.0500. The molecule has 0 bridgehead atoms. The molecule has 3 radical (unpaired) electrons. The molecule has 6 heterocycles. The van der Waals surface area contributed by atoms with Crippen molar-refractivity contribution in [2.75, 3.05) is 0 Å². The van der Waals surface area contributed by atoms with Crippen LogP contribution < -0.4 is 0 Å². The van der Waals surface area contributed by atoms with Crippen molar-refractivity contribution in [3.05, 3.63) is 426 Å². The Bertz CT molecular complexity index is 4960. The summed E-state index contributed by atoms with van der Waals surface area (Å²) in [5.74, 6) is 0.0185. The van der Waals surface area contributed by atoms with Gasteiger partial charge in [-0.25, -0.2) is 0 Å². The van der Waals surface area contributed by atoms with Gasteiger partial charge in [-0.3, -0.25) is 4.79 Å². The third kappa shape index (κ3) is 26.1. The summed E-state index contributed by atoms with van der Waals surface area (Å²) in [6.07, 6.45) is 13.1. The van der Waals surface area contributed by atoms with Crippen molar-refractivity contribution in [3.8, 4) is 67.5 Å². The minimum atomic E-state index is -0.560. The number of hydrogen-bond acceptors (Lipinski definition) is 9. The number of aromatic nitrogens is 6. The van der Waals surface area contributed by atoms with Gasteiger partial charge in [0, 0.05) is 104 Å². The fourth-order valence-electron chi connectivity index (χ4n) is 11.7. The third-order valence-corrected chi connectivity index (χ3v) is 17.0. The molecule has 0 aliphatic carbocycles. The summed E-state index contributed by atoms with van der Waals surface area (Å²) >= 11 is 0. The first kappa shape index (κ1) is 90.9. The first-order valence-electron chi connectivity index (χ1n) is 35.6. The van der Waals surface area contributed by atoms with Crippen molar-refractivity contribution >= 4 is 70.4 Å². The maximum atomic E-state index is 9.69. The van der Waals surface area contributed by atoms with Crippen molar-refractivity contribution in [1.29, 1.82) is 0 Å². The van der Waals surface area contributed by atoms with Gasteiger partial charge >= 0.3 is 0 Å². The molecule has 0 spiro atoms. The van der Waals surface area contributed by atoms with Crippen LogP contribution in [0.25, 0.3) is 132 Å². The van der Waals surface area contributed by atoms with Crippen LogP contribution in [0.15, 0.2) is 390 Å². The third-order valence-electron chi connectivity index (χ3n) is 17.0. The molecule has 12 aromatic carbocycles. The van der Waals surface area contributed by atoms with Crippen molar-refractivity contribution in [1.82, 2.24) is 29.9 Å². The number of nitrogens with zero attached hydrogens (tertiary/aromatic N) is 6.